The second-order valence-corrected chi connectivity index (χ2v) is 6.17. The molecular formula is C12H17N5O2S. The molecule has 0 aliphatic carbocycles. The minimum Gasteiger partial charge on any atom is -0.383 e. The van der Waals surface area contributed by atoms with Crippen molar-refractivity contribution in [2.24, 2.45) is 0 Å². The van der Waals surface area contributed by atoms with Crippen LogP contribution in [0.2, 0.25) is 0 Å². The highest BCUT2D eigenvalue weighted by Crippen LogP contribution is 2.24. The molecule has 0 fully saturated rings. The summed E-state index contributed by atoms with van der Waals surface area (Å²) in [7, 11) is -3.53. The van der Waals surface area contributed by atoms with Crippen LogP contribution in [0.4, 0.5) is 11.8 Å². The van der Waals surface area contributed by atoms with Crippen LogP contribution in [-0.2, 0) is 10.0 Å². The second kappa shape index (κ2) is 5.22. The monoisotopic (exact) mass is 295 g/mol. The topological polar surface area (TPSA) is 115 Å². The van der Waals surface area contributed by atoms with Gasteiger partial charge in [0.25, 0.3) is 0 Å². The summed E-state index contributed by atoms with van der Waals surface area (Å²) in [5, 5.41) is 0.479. The molecule has 7 nitrogen and oxygen atoms in total. The van der Waals surface area contributed by atoms with Crippen molar-refractivity contribution in [3.63, 3.8) is 0 Å². The molecule has 8 heteroatoms. The Kier molecular flexibility index (Phi) is 3.78. The number of nitrogens with two attached hydrogens (primary N) is 2. The van der Waals surface area contributed by atoms with Crippen LogP contribution in [0.3, 0.4) is 0 Å². The Hall–Kier alpha value is -1.93. The van der Waals surface area contributed by atoms with Gasteiger partial charge in [-0.1, -0.05) is 13.8 Å². The first-order chi connectivity index (χ1) is 9.40. The standard InChI is InChI=1S/C12H17N5O2S/c1-3-17(4-2)20(18,19)8-5-6-10-9(7-8)11(13)16-12(14)15-10/h5-7H,3-4H2,1-2H3,(H4,13,14,15,16). The first kappa shape index (κ1) is 14.5. The smallest absolute Gasteiger partial charge is 0.243 e. The van der Waals surface area contributed by atoms with Gasteiger partial charge in [-0.2, -0.15) is 9.29 Å². The van der Waals surface area contributed by atoms with E-state index in [1.807, 2.05) is 0 Å². The highest BCUT2D eigenvalue weighted by Gasteiger charge is 2.22. The van der Waals surface area contributed by atoms with Crippen LogP contribution in [-0.4, -0.2) is 35.8 Å². The van der Waals surface area contributed by atoms with Crippen molar-refractivity contribution in [3.8, 4) is 0 Å². The van der Waals surface area contributed by atoms with Gasteiger partial charge < -0.3 is 11.5 Å². The predicted octanol–water partition coefficient (Wildman–Crippen LogP) is 0.825. The Morgan fingerprint density at radius 2 is 1.80 bits per heavy atom. The van der Waals surface area contributed by atoms with Crippen LogP contribution in [0.1, 0.15) is 13.8 Å². The summed E-state index contributed by atoms with van der Waals surface area (Å²) in [6.07, 6.45) is 0. The Morgan fingerprint density at radius 3 is 2.40 bits per heavy atom. The van der Waals surface area contributed by atoms with Crippen molar-refractivity contribution in [1.82, 2.24) is 14.3 Å². The Morgan fingerprint density at radius 1 is 1.15 bits per heavy atom. The van der Waals surface area contributed by atoms with E-state index in [0.717, 1.165) is 0 Å². The van der Waals surface area contributed by atoms with Crippen molar-refractivity contribution in [2.75, 3.05) is 24.6 Å². The van der Waals surface area contributed by atoms with Crippen LogP contribution in [0.15, 0.2) is 23.1 Å². The summed E-state index contributed by atoms with van der Waals surface area (Å²) in [4.78, 5) is 8.04. The van der Waals surface area contributed by atoms with E-state index in [1.165, 1.54) is 16.4 Å². The number of rotatable bonds is 4. The van der Waals surface area contributed by atoms with Gasteiger partial charge in [-0.05, 0) is 18.2 Å². The molecule has 0 spiro atoms. The molecule has 0 aliphatic heterocycles. The molecule has 1 aromatic carbocycles. The Balaban J connectivity index is 2.63. The average Bonchev–Trinajstić information content (AvgIpc) is 2.39. The van der Waals surface area contributed by atoms with Crippen LogP contribution in [0.25, 0.3) is 10.9 Å². The third-order valence-corrected chi connectivity index (χ3v) is 5.10. The van der Waals surface area contributed by atoms with Gasteiger partial charge in [0.1, 0.15) is 5.82 Å². The molecule has 0 aliphatic rings. The second-order valence-electron chi connectivity index (χ2n) is 4.24. The zero-order valence-corrected chi connectivity index (χ0v) is 12.2. The van der Waals surface area contributed by atoms with Crippen molar-refractivity contribution >= 4 is 32.7 Å². The van der Waals surface area contributed by atoms with Gasteiger partial charge in [-0.3, -0.25) is 0 Å². The summed E-state index contributed by atoms with van der Waals surface area (Å²) in [6, 6.07) is 4.57. The fraction of sp³-hybridized carbons (Fsp3) is 0.333. The van der Waals surface area contributed by atoms with Crippen LogP contribution in [0.5, 0.6) is 0 Å². The van der Waals surface area contributed by atoms with Gasteiger partial charge in [0.15, 0.2) is 0 Å². The van der Waals surface area contributed by atoms with Crippen LogP contribution in [0, 0.1) is 0 Å². The number of fused-ring (bicyclic) bond motifs is 1. The quantitative estimate of drug-likeness (QED) is 0.863. The fourth-order valence-electron chi connectivity index (χ4n) is 2.02. The number of hydrogen-bond acceptors (Lipinski definition) is 6. The van der Waals surface area contributed by atoms with Gasteiger partial charge in [-0.15, -0.1) is 0 Å². The van der Waals surface area contributed by atoms with E-state index >= 15 is 0 Å². The lowest BCUT2D eigenvalue weighted by atomic mass is 10.2. The molecule has 0 unspecified atom stereocenters. The number of nitrogens with zero attached hydrogens (tertiary/aromatic N) is 3. The molecule has 1 aromatic heterocycles. The van der Waals surface area contributed by atoms with Crippen molar-refractivity contribution in [3.05, 3.63) is 18.2 Å². The van der Waals surface area contributed by atoms with Gasteiger partial charge in [0.05, 0.1) is 10.4 Å². The van der Waals surface area contributed by atoms with Gasteiger partial charge >= 0.3 is 0 Å². The first-order valence-electron chi connectivity index (χ1n) is 6.23. The van der Waals surface area contributed by atoms with E-state index in [2.05, 4.69) is 9.97 Å². The highest BCUT2D eigenvalue weighted by atomic mass is 32.2. The molecular weight excluding hydrogens is 278 g/mol. The van der Waals surface area contributed by atoms with Gasteiger partial charge in [0.2, 0.25) is 16.0 Å². The number of aromatic nitrogens is 2. The Bertz CT molecular complexity index is 741. The molecule has 1 heterocycles. The maximum Gasteiger partial charge on any atom is 0.243 e. The lowest BCUT2D eigenvalue weighted by Gasteiger charge is -2.18. The van der Waals surface area contributed by atoms with Gasteiger partial charge in [0, 0.05) is 18.5 Å². The van der Waals surface area contributed by atoms with E-state index in [4.69, 9.17) is 11.5 Å². The number of anilines is 2. The lowest BCUT2D eigenvalue weighted by Crippen LogP contribution is -2.30. The Labute approximate surface area is 117 Å². The number of nitrogen functional groups attached to an aromatic ring is 2. The molecule has 0 saturated carbocycles. The molecule has 4 N–H and O–H groups in total. The summed E-state index contributed by atoms with van der Waals surface area (Å²) in [5.41, 5.74) is 11.8. The first-order valence-corrected chi connectivity index (χ1v) is 7.67. The minimum absolute atomic E-state index is 0.0642. The summed E-state index contributed by atoms with van der Waals surface area (Å²) >= 11 is 0. The maximum atomic E-state index is 12.4. The zero-order chi connectivity index (χ0) is 14.9. The summed E-state index contributed by atoms with van der Waals surface area (Å²) in [5.74, 6) is 0.235. The average molecular weight is 295 g/mol. The third kappa shape index (κ3) is 2.39. The predicted molar refractivity (Wildman–Crippen MR) is 78.5 cm³/mol. The molecule has 0 radical (unpaired) electrons. The van der Waals surface area contributed by atoms with Crippen molar-refractivity contribution in [1.29, 1.82) is 0 Å². The molecule has 20 heavy (non-hydrogen) atoms. The number of sulfonamides is 1. The van der Waals surface area contributed by atoms with Crippen LogP contribution >= 0.6 is 0 Å². The molecule has 2 aromatic rings. The molecule has 0 bridgehead atoms. The van der Waals surface area contributed by atoms with E-state index in [-0.39, 0.29) is 16.7 Å². The molecule has 2 rings (SSSR count). The fourth-order valence-corrected chi connectivity index (χ4v) is 3.51. The number of hydrogen-bond donors (Lipinski definition) is 2. The van der Waals surface area contributed by atoms with Crippen molar-refractivity contribution < 1.29 is 8.42 Å². The zero-order valence-electron chi connectivity index (χ0n) is 11.4. The van der Waals surface area contributed by atoms with Crippen LogP contribution < -0.4 is 11.5 Å². The largest absolute Gasteiger partial charge is 0.383 e. The van der Waals surface area contributed by atoms with Gasteiger partial charge in [-0.25, -0.2) is 13.4 Å². The highest BCUT2D eigenvalue weighted by molar-refractivity contribution is 7.89. The normalized spacial score (nSPS) is 12.2. The SMILES string of the molecule is CCN(CC)S(=O)(=O)c1ccc2nc(N)nc(N)c2c1. The van der Waals surface area contributed by atoms with Crippen molar-refractivity contribution in [2.45, 2.75) is 18.7 Å². The number of benzene rings is 1. The van der Waals surface area contributed by atoms with E-state index in [9.17, 15) is 8.42 Å². The van der Waals surface area contributed by atoms with E-state index in [0.29, 0.717) is 24.0 Å². The third-order valence-electron chi connectivity index (χ3n) is 3.06. The maximum absolute atomic E-state index is 12.4. The molecule has 0 saturated heterocycles. The molecule has 0 atom stereocenters. The summed E-state index contributed by atoms with van der Waals surface area (Å²) < 4.78 is 26.2. The van der Waals surface area contributed by atoms with E-state index in [1.54, 1.807) is 19.9 Å². The van der Waals surface area contributed by atoms with E-state index < -0.39 is 10.0 Å². The lowest BCUT2D eigenvalue weighted by molar-refractivity contribution is 0.445. The molecule has 108 valence electrons. The molecule has 0 amide bonds. The minimum atomic E-state index is -3.53. The summed E-state index contributed by atoms with van der Waals surface area (Å²) in [6.45, 7) is 4.40.